The van der Waals surface area contributed by atoms with Crippen molar-refractivity contribution in [3.8, 4) is 5.75 Å². The Labute approximate surface area is 131 Å². The van der Waals surface area contributed by atoms with Crippen LogP contribution in [0, 0.1) is 0 Å². The van der Waals surface area contributed by atoms with Crippen molar-refractivity contribution in [3.63, 3.8) is 0 Å². The van der Waals surface area contributed by atoms with Crippen molar-refractivity contribution in [2.75, 3.05) is 18.2 Å². The van der Waals surface area contributed by atoms with Gasteiger partial charge in [0.1, 0.15) is 5.75 Å². The number of nitrogens with one attached hydrogen (secondary N) is 1. The Morgan fingerprint density at radius 3 is 2.86 bits per heavy atom. The number of aromatic nitrogens is 1. The maximum atomic E-state index is 6.23. The predicted octanol–water partition coefficient (Wildman–Crippen LogP) is 4.33. The Kier molecular flexibility index (Phi) is 3.66. The fraction of sp³-hybridized carbons (Fsp3) is 0.0625. The topological polar surface area (TPSA) is 60.2 Å². The molecule has 0 spiro atoms. The molecule has 0 saturated carbocycles. The largest absolute Gasteiger partial charge is 0.497 e. The molecular weight excluding hydrogens is 330 g/mol. The van der Waals surface area contributed by atoms with E-state index < -0.39 is 0 Å². The highest BCUT2D eigenvalue weighted by molar-refractivity contribution is 9.10. The number of fused-ring (bicyclic) bond motifs is 1. The van der Waals surface area contributed by atoms with Crippen LogP contribution in [0.4, 0.5) is 17.1 Å². The minimum atomic E-state index is 0.680. The second-order valence-corrected chi connectivity index (χ2v) is 5.52. The van der Waals surface area contributed by atoms with E-state index in [4.69, 9.17) is 10.5 Å². The molecule has 4 nitrogen and oxygen atoms in total. The van der Waals surface area contributed by atoms with E-state index in [0.717, 1.165) is 32.5 Å². The molecule has 0 amide bonds. The van der Waals surface area contributed by atoms with Crippen LogP contribution in [0.3, 0.4) is 0 Å². The van der Waals surface area contributed by atoms with Crippen LogP contribution in [0.25, 0.3) is 10.9 Å². The highest BCUT2D eigenvalue weighted by Crippen LogP contribution is 2.32. The molecule has 0 radical (unpaired) electrons. The molecule has 0 unspecified atom stereocenters. The van der Waals surface area contributed by atoms with Gasteiger partial charge in [-0.05, 0) is 36.4 Å². The van der Waals surface area contributed by atoms with Crippen LogP contribution in [-0.2, 0) is 0 Å². The summed E-state index contributed by atoms with van der Waals surface area (Å²) in [4.78, 5) is 4.30. The van der Waals surface area contributed by atoms with E-state index in [1.54, 1.807) is 13.3 Å². The van der Waals surface area contributed by atoms with E-state index in [0.29, 0.717) is 5.69 Å². The predicted molar refractivity (Wildman–Crippen MR) is 90.1 cm³/mol. The van der Waals surface area contributed by atoms with Crippen molar-refractivity contribution in [2.45, 2.75) is 0 Å². The second kappa shape index (κ2) is 5.61. The number of ether oxygens (including phenoxy) is 1. The molecule has 0 atom stereocenters. The minimum Gasteiger partial charge on any atom is -0.497 e. The molecule has 0 aliphatic rings. The first-order valence-electron chi connectivity index (χ1n) is 6.42. The monoisotopic (exact) mass is 343 g/mol. The number of hydrogen-bond donors (Lipinski definition) is 2. The van der Waals surface area contributed by atoms with Gasteiger partial charge >= 0.3 is 0 Å². The summed E-state index contributed by atoms with van der Waals surface area (Å²) in [6.45, 7) is 0. The van der Waals surface area contributed by atoms with E-state index in [1.807, 2.05) is 42.5 Å². The molecule has 5 heteroatoms. The maximum absolute atomic E-state index is 6.23. The summed E-state index contributed by atoms with van der Waals surface area (Å²) >= 11 is 3.46. The molecule has 0 aliphatic heterocycles. The van der Waals surface area contributed by atoms with E-state index in [9.17, 15) is 0 Å². The Hall–Kier alpha value is -2.27. The number of nitrogen functional groups attached to an aromatic ring is 1. The summed E-state index contributed by atoms with van der Waals surface area (Å²) < 4.78 is 6.20. The Morgan fingerprint density at radius 2 is 2.05 bits per heavy atom. The van der Waals surface area contributed by atoms with Gasteiger partial charge in [-0.1, -0.05) is 15.9 Å². The molecule has 0 fully saturated rings. The van der Waals surface area contributed by atoms with Gasteiger partial charge in [-0.3, -0.25) is 4.98 Å². The molecular formula is C16H14BrN3O. The molecule has 21 heavy (non-hydrogen) atoms. The molecule has 3 aromatic rings. The molecule has 0 aliphatic carbocycles. The van der Waals surface area contributed by atoms with Gasteiger partial charge in [0.25, 0.3) is 0 Å². The normalized spacial score (nSPS) is 10.6. The maximum Gasteiger partial charge on any atom is 0.122 e. The number of pyridine rings is 1. The third-order valence-electron chi connectivity index (χ3n) is 3.21. The number of rotatable bonds is 3. The average Bonchev–Trinajstić information content (AvgIpc) is 2.50. The third kappa shape index (κ3) is 2.78. The fourth-order valence-electron chi connectivity index (χ4n) is 2.19. The minimum absolute atomic E-state index is 0.680. The first kappa shape index (κ1) is 13.7. The van der Waals surface area contributed by atoms with Gasteiger partial charge in [0, 0.05) is 27.8 Å². The van der Waals surface area contributed by atoms with Crippen molar-refractivity contribution in [1.82, 2.24) is 4.98 Å². The number of benzene rings is 2. The average molecular weight is 344 g/mol. The van der Waals surface area contributed by atoms with Crippen LogP contribution in [-0.4, -0.2) is 12.1 Å². The molecule has 0 saturated heterocycles. The fourth-order valence-corrected chi connectivity index (χ4v) is 2.66. The van der Waals surface area contributed by atoms with Gasteiger partial charge in [-0.15, -0.1) is 0 Å². The molecule has 1 aromatic heterocycles. The molecule has 1 heterocycles. The molecule has 3 N–H and O–H groups in total. The van der Waals surface area contributed by atoms with Gasteiger partial charge in [0.2, 0.25) is 0 Å². The van der Waals surface area contributed by atoms with E-state index >= 15 is 0 Å². The molecule has 2 aromatic carbocycles. The molecule has 3 rings (SSSR count). The third-order valence-corrected chi connectivity index (χ3v) is 3.67. The number of hydrogen-bond acceptors (Lipinski definition) is 4. The van der Waals surface area contributed by atoms with Crippen LogP contribution in [0.2, 0.25) is 0 Å². The Bertz CT molecular complexity index is 805. The lowest BCUT2D eigenvalue weighted by Gasteiger charge is -2.12. The van der Waals surface area contributed by atoms with Crippen LogP contribution in [0.5, 0.6) is 5.75 Å². The van der Waals surface area contributed by atoms with Crippen molar-refractivity contribution in [2.24, 2.45) is 0 Å². The van der Waals surface area contributed by atoms with E-state index in [-0.39, 0.29) is 0 Å². The van der Waals surface area contributed by atoms with Crippen LogP contribution >= 0.6 is 15.9 Å². The Morgan fingerprint density at radius 1 is 1.19 bits per heavy atom. The summed E-state index contributed by atoms with van der Waals surface area (Å²) in [6, 6.07) is 13.5. The lowest BCUT2D eigenvalue weighted by molar-refractivity contribution is 0.415. The van der Waals surface area contributed by atoms with E-state index in [1.165, 1.54) is 0 Å². The van der Waals surface area contributed by atoms with Crippen molar-refractivity contribution in [3.05, 3.63) is 53.1 Å². The van der Waals surface area contributed by atoms with Gasteiger partial charge in [-0.2, -0.15) is 0 Å². The number of anilines is 3. The smallest absolute Gasteiger partial charge is 0.122 e. The summed E-state index contributed by atoms with van der Waals surface area (Å²) in [5.74, 6) is 0.771. The van der Waals surface area contributed by atoms with Crippen LogP contribution in [0.15, 0.2) is 53.1 Å². The zero-order valence-electron chi connectivity index (χ0n) is 11.4. The van der Waals surface area contributed by atoms with Gasteiger partial charge < -0.3 is 15.8 Å². The van der Waals surface area contributed by atoms with Gasteiger partial charge in [0.05, 0.1) is 24.0 Å². The summed E-state index contributed by atoms with van der Waals surface area (Å²) in [5.41, 5.74) is 9.53. The van der Waals surface area contributed by atoms with Crippen molar-refractivity contribution < 1.29 is 4.74 Å². The lowest BCUT2D eigenvalue weighted by Crippen LogP contribution is -1.98. The first-order valence-corrected chi connectivity index (χ1v) is 7.21. The number of halogens is 1. The zero-order valence-corrected chi connectivity index (χ0v) is 13.0. The number of nitrogens with zero attached hydrogens (tertiary/aromatic N) is 1. The summed E-state index contributed by atoms with van der Waals surface area (Å²) in [7, 11) is 1.64. The van der Waals surface area contributed by atoms with Crippen LogP contribution in [0.1, 0.15) is 0 Å². The quantitative estimate of drug-likeness (QED) is 0.694. The van der Waals surface area contributed by atoms with Crippen LogP contribution < -0.4 is 15.8 Å². The highest BCUT2D eigenvalue weighted by Gasteiger charge is 2.06. The van der Waals surface area contributed by atoms with Gasteiger partial charge in [-0.25, -0.2) is 0 Å². The SMILES string of the molecule is COc1cc(Br)cc(Nc2ccc3ncccc3c2N)c1. The lowest BCUT2D eigenvalue weighted by atomic mass is 10.1. The second-order valence-electron chi connectivity index (χ2n) is 4.60. The molecule has 106 valence electrons. The van der Waals surface area contributed by atoms with Crippen molar-refractivity contribution in [1.29, 1.82) is 0 Å². The Balaban J connectivity index is 2.02. The van der Waals surface area contributed by atoms with Gasteiger partial charge in [0.15, 0.2) is 0 Å². The summed E-state index contributed by atoms with van der Waals surface area (Å²) in [5, 5.41) is 4.25. The molecule has 0 bridgehead atoms. The van der Waals surface area contributed by atoms with Crippen molar-refractivity contribution >= 4 is 43.9 Å². The number of methoxy groups -OCH3 is 1. The van der Waals surface area contributed by atoms with E-state index in [2.05, 4.69) is 26.2 Å². The first-order chi connectivity index (χ1) is 10.2. The highest BCUT2D eigenvalue weighted by atomic mass is 79.9. The summed E-state index contributed by atoms with van der Waals surface area (Å²) in [6.07, 6.45) is 1.76. The zero-order chi connectivity index (χ0) is 14.8. The standard InChI is InChI=1S/C16H14BrN3O/c1-21-12-8-10(17)7-11(9-12)20-15-5-4-14-13(16(15)18)3-2-6-19-14/h2-9,20H,18H2,1H3. The number of nitrogens with two attached hydrogens (primary N) is 1.